The van der Waals surface area contributed by atoms with Crippen molar-refractivity contribution in [3.63, 3.8) is 0 Å². The standard InChI is InChI=1S/C14H29BN2O5/c1-22-11-12-5-4-9-17(12)10-7-14(16,13(18)19)6-2-3-8-15(20)21/h12,20-21H,2-11,16H2,1H3,(H,18,19)/t12-,14+/m0/s1. The van der Waals surface area contributed by atoms with Crippen molar-refractivity contribution in [1.82, 2.24) is 4.90 Å². The summed E-state index contributed by atoms with van der Waals surface area (Å²) in [7, 11) is 0.340. The van der Waals surface area contributed by atoms with E-state index in [2.05, 4.69) is 4.90 Å². The van der Waals surface area contributed by atoms with Crippen LogP contribution in [0, 0.1) is 0 Å². The molecule has 2 atom stereocenters. The number of likely N-dealkylation sites (tertiary alicyclic amines) is 1. The molecule has 7 nitrogen and oxygen atoms in total. The minimum atomic E-state index is -1.34. The van der Waals surface area contributed by atoms with Crippen LogP contribution in [0.25, 0.3) is 0 Å². The molecule has 0 aliphatic carbocycles. The van der Waals surface area contributed by atoms with Crippen LogP contribution in [-0.2, 0) is 9.53 Å². The van der Waals surface area contributed by atoms with E-state index >= 15 is 0 Å². The molecule has 1 aliphatic heterocycles. The zero-order chi connectivity index (χ0) is 16.6. The SMILES string of the molecule is COC[C@@H]1CCCN1CC[C@](N)(CCCCB(O)O)C(=O)O. The lowest BCUT2D eigenvalue weighted by atomic mass is 9.81. The molecule has 1 saturated heterocycles. The van der Waals surface area contributed by atoms with Gasteiger partial charge in [-0.3, -0.25) is 9.69 Å². The first-order chi connectivity index (χ1) is 10.4. The summed E-state index contributed by atoms with van der Waals surface area (Å²) >= 11 is 0. The lowest BCUT2D eigenvalue weighted by Gasteiger charge is -2.30. The number of aliphatic carboxylic acids is 1. The van der Waals surface area contributed by atoms with Crippen LogP contribution in [0.5, 0.6) is 0 Å². The topological polar surface area (TPSA) is 116 Å². The van der Waals surface area contributed by atoms with Gasteiger partial charge in [-0.1, -0.05) is 12.8 Å². The number of hydrogen-bond donors (Lipinski definition) is 4. The molecule has 0 radical (unpaired) electrons. The second-order valence-electron chi connectivity index (χ2n) is 6.23. The average Bonchev–Trinajstić information content (AvgIpc) is 2.89. The number of hydrogen-bond acceptors (Lipinski definition) is 6. The smallest absolute Gasteiger partial charge is 0.451 e. The molecule has 0 unspecified atom stereocenters. The van der Waals surface area contributed by atoms with Gasteiger partial charge in [0.25, 0.3) is 0 Å². The first-order valence-corrected chi connectivity index (χ1v) is 8.00. The molecular weight excluding hydrogens is 287 g/mol. The number of ether oxygens (including phenoxy) is 1. The summed E-state index contributed by atoms with van der Waals surface area (Å²) in [6.45, 7) is 2.28. The summed E-state index contributed by atoms with van der Waals surface area (Å²) in [5, 5.41) is 27.0. The fourth-order valence-electron chi connectivity index (χ4n) is 3.02. The Kier molecular flexibility index (Phi) is 8.34. The third-order valence-electron chi connectivity index (χ3n) is 4.46. The molecule has 0 aromatic carbocycles. The van der Waals surface area contributed by atoms with Gasteiger partial charge in [0, 0.05) is 19.7 Å². The monoisotopic (exact) mass is 316 g/mol. The molecule has 0 spiro atoms. The zero-order valence-corrected chi connectivity index (χ0v) is 13.4. The summed E-state index contributed by atoms with van der Waals surface area (Å²) in [4.78, 5) is 13.7. The van der Waals surface area contributed by atoms with Crippen molar-refractivity contribution < 1.29 is 24.7 Å². The number of unbranched alkanes of at least 4 members (excludes halogenated alkanes) is 1. The second kappa shape index (κ2) is 9.47. The molecule has 5 N–H and O–H groups in total. The number of nitrogens with two attached hydrogens (primary N) is 1. The molecule has 8 heteroatoms. The zero-order valence-electron chi connectivity index (χ0n) is 13.4. The van der Waals surface area contributed by atoms with Crippen molar-refractivity contribution in [2.24, 2.45) is 5.73 Å². The van der Waals surface area contributed by atoms with Crippen LogP contribution in [0.4, 0.5) is 0 Å². The molecule has 1 rings (SSSR count). The number of carboxylic acid groups (broad SMARTS) is 1. The van der Waals surface area contributed by atoms with Crippen LogP contribution in [0.3, 0.4) is 0 Å². The maximum atomic E-state index is 11.5. The van der Waals surface area contributed by atoms with Crippen LogP contribution < -0.4 is 5.73 Å². The molecule has 1 heterocycles. The van der Waals surface area contributed by atoms with Crippen LogP contribution in [0.1, 0.15) is 38.5 Å². The van der Waals surface area contributed by atoms with Crippen LogP contribution in [0.15, 0.2) is 0 Å². The third-order valence-corrected chi connectivity index (χ3v) is 4.46. The summed E-state index contributed by atoms with van der Waals surface area (Å²) in [5.41, 5.74) is 4.82. The summed E-state index contributed by atoms with van der Waals surface area (Å²) in [6, 6.07) is 0.354. The summed E-state index contributed by atoms with van der Waals surface area (Å²) in [5.74, 6) is -0.987. The van der Waals surface area contributed by atoms with E-state index in [9.17, 15) is 9.90 Å². The molecule has 0 saturated carbocycles. The van der Waals surface area contributed by atoms with E-state index in [1.54, 1.807) is 7.11 Å². The second-order valence-corrected chi connectivity index (χ2v) is 6.23. The van der Waals surface area contributed by atoms with E-state index in [0.29, 0.717) is 44.9 Å². The van der Waals surface area contributed by atoms with E-state index in [-0.39, 0.29) is 6.32 Å². The van der Waals surface area contributed by atoms with E-state index in [1.165, 1.54) is 0 Å². The molecule has 128 valence electrons. The Labute approximate surface area is 132 Å². The van der Waals surface area contributed by atoms with Gasteiger partial charge in [-0.15, -0.1) is 0 Å². The first kappa shape index (κ1) is 19.4. The lowest BCUT2D eigenvalue weighted by Crippen LogP contribution is -2.50. The van der Waals surface area contributed by atoms with Crippen molar-refractivity contribution >= 4 is 13.1 Å². The average molecular weight is 316 g/mol. The third kappa shape index (κ3) is 6.22. The number of rotatable bonds is 11. The van der Waals surface area contributed by atoms with E-state index < -0.39 is 18.6 Å². The number of carboxylic acids is 1. The lowest BCUT2D eigenvalue weighted by molar-refractivity contribution is -0.144. The van der Waals surface area contributed by atoms with Gasteiger partial charge in [-0.2, -0.15) is 0 Å². The van der Waals surface area contributed by atoms with Gasteiger partial charge in [-0.05, 0) is 38.5 Å². The normalized spacial score (nSPS) is 21.7. The predicted molar refractivity (Wildman–Crippen MR) is 84.5 cm³/mol. The van der Waals surface area contributed by atoms with Crippen molar-refractivity contribution in [3.8, 4) is 0 Å². The van der Waals surface area contributed by atoms with E-state index in [0.717, 1.165) is 19.4 Å². The molecule has 0 aromatic rings. The summed E-state index contributed by atoms with van der Waals surface area (Å²) < 4.78 is 5.20. The largest absolute Gasteiger partial charge is 0.480 e. The fourth-order valence-corrected chi connectivity index (χ4v) is 3.02. The minimum Gasteiger partial charge on any atom is -0.480 e. The van der Waals surface area contributed by atoms with Crippen LogP contribution in [-0.4, -0.2) is 71.5 Å². The maximum Gasteiger partial charge on any atom is 0.451 e. The summed E-state index contributed by atoms with van der Waals surface area (Å²) in [6.07, 6.45) is 4.29. The van der Waals surface area contributed by atoms with Gasteiger partial charge >= 0.3 is 13.1 Å². The Morgan fingerprint density at radius 1 is 1.41 bits per heavy atom. The first-order valence-electron chi connectivity index (χ1n) is 8.00. The molecule has 1 aliphatic rings. The number of carbonyl (C=O) groups is 1. The molecule has 0 bridgehead atoms. The highest BCUT2D eigenvalue weighted by Gasteiger charge is 2.35. The predicted octanol–water partition coefficient (Wildman–Crippen LogP) is -0.0875. The Morgan fingerprint density at radius 2 is 2.14 bits per heavy atom. The van der Waals surface area contributed by atoms with E-state index in [1.807, 2.05) is 0 Å². The van der Waals surface area contributed by atoms with Gasteiger partial charge in [0.15, 0.2) is 0 Å². The van der Waals surface area contributed by atoms with Crippen molar-refractivity contribution in [2.75, 3.05) is 26.8 Å². The molecule has 0 amide bonds. The van der Waals surface area contributed by atoms with Gasteiger partial charge in [0.05, 0.1) is 6.61 Å². The molecule has 1 fully saturated rings. The quantitative estimate of drug-likeness (QED) is 0.311. The van der Waals surface area contributed by atoms with E-state index in [4.69, 9.17) is 20.5 Å². The number of methoxy groups -OCH3 is 1. The van der Waals surface area contributed by atoms with Crippen LogP contribution in [0.2, 0.25) is 6.32 Å². The number of nitrogens with zero attached hydrogens (tertiary/aromatic N) is 1. The molecular formula is C14H29BN2O5. The fraction of sp³-hybridized carbons (Fsp3) is 0.929. The van der Waals surface area contributed by atoms with Crippen LogP contribution >= 0.6 is 0 Å². The van der Waals surface area contributed by atoms with Gasteiger partial charge in [0.2, 0.25) is 0 Å². The Morgan fingerprint density at radius 3 is 2.73 bits per heavy atom. The highest BCUT2D eigenvalue weighted by molar-refractivity contribution is 6.40. The van der Waals surface area contributed by atoms with Gasteiger partial charge in [0.1, 0.15) is 5.54 Å². The maximum absolute atomic E-state index is 11.5. The van der Waals surface area contributed by atoms with Gasteiger partial charge < -0.3 is 25.6 Å². The van der Waals surface area contributed by atoms with Crippen molar-refractivity contribution in [1.29, 1.82) is 0 Å². The van der Waals surface area contributed by atoms with Crippen molar-refractivity contribution in [3.05, 3.63) is 0 Å². The van der Waals surface area contributed by atoms with Gasteiger partial charge in [-0.25, -0.2) is 0 Å². The van der Waals surface area contributed by atoms with Crippen molar-refractivity contribution in [2.45, 2.75) is 56.4 Å². The Bertz CT molecular complexity index is 345. The molecule has 0 aromatic heterocycles. The highest BCUT2D eigenvalue weighted by atomic mass is 16.5. The molecule has 22 heavy (non-hydrogen) atoms. The highest BCUT2D eigenvalue weighted by Crippen LogP contribution is 2.22. The minimum absolute atomic E-state index is 0.248. The Hall–Kier alpha value is -0.665. The Balaban J connectivity index is 2.43.